The molecule has 0 bridgehead atoms. The highest BCUT2D eigenvalue weighted by atomic mass is 19.4. The van der Waals surface area contributed by atoms with Crippen LogP contribution in [0.5, 0.6) is 5.88 Å². The van der Waals surface area contributed by atoms with Gasteiger partial charge in [-0.15, -0.1) is 0 Å². The number of aromatic nitrogens is 1. The lowest BCUT2D eigenvalue weighted by molar-refractivity contribution is -0.141. The van der Waals surface area contributed by atoms with Gasteiger partial charge in [-0.05, 0) is 12.5 Å². The van der Waals surface area contributed by atoms with E-state index in [1.165, 1.54) is 6.07 Å². The van der Waals surface area contributed by atoms with Gasteiger partial charge in [-0.3, -0.25) is 0 Å². The fraction of sp³-hybridized carbons (Fsp3) is 0.545. The highest BCUT2D eigenvalue weighted by Gasteiger charge is 2.33. The summed E-state index contributed by atoms with van der Waals surface area (Å²) in [4.78, 5) is 3.40. The molecule has 1 saturated heterocycles. The Bertz CT molecular complexity index is 417. The predicted octanol–water partition coefficient (Wildman–Crippen LogP) is 2.10. The maximum atomic E-state index is 12.5. The third-order valence-corrected chi connectivity index (χ3v) is 2.61. The first kappa shape index (κ1) is 12.9. The molecular formula is C11H13F3N2O2. The molecule has 1 aliphatic rings. The molecule has 2 heterocycles. The minimum Gasteiger partial charge on any atom is -0.477 e. The van der Waals surface area contributed by atoms with Gasteiger partial charge >= 0.3 is 6.18 Å². The summed E-state index contributed by atoms with van der Waals surface area (Å²) in [5.41, 5.74) is 4.34. The van der Waals surface area contributed by atoms with Gasteiger partial charge in [-0.25, -0.2) is 4.98 Å². The first-order valence-electron chi connectivity index (χ1n) is 5.50. The molecule has 1 unspecified atom stereocenters. The van der Waals surface area contributed by atoms with Crippen LogP contribution in [0.15, 0.2) is 12.1 Å². The van der Waals surface area contributed by atoms with E-state index >= 15 is 0 Å². The highest BCUT2D eigenvalue weighted by molar-refractivity contribution is 5.43. The second kappa shape index (κ2) is 5.01. The Morgan fingerprint density at radius 1 is 1.44 bits per heavy atom. The van der Waals surface area contributed by atoms with Crippen LogP contribution in [0.25, 0.3) is 0 Å². The molecule has 1 fully saturated rings. The average molecular weight is 262 g/mol. The van der Waals surface area contributed by atoms with Gasteiger partial charge in [0.1, 0.15) is 0 Å². The van der Waals surface area contributed by atoms with Crippen LogP contribution < -0.4 is 10.5 Å². The van der Waals surface area contributed by atoms with E-state index in [4.69, 9.17) is 15.2 Å². The molecule has 0 aromatic carbocycles. The van der Waals surface area contributed by atoms with E-state index in [1.807, 2.05) is 0 Å². The number of rotatable bonds is 3. The second-order valence-electron chi connectivity index (χ2n) is 4.16. The van der Waals surface area contributed by atoms with Crippen molar-refractivity contribution < 1.29 is 22.6 Å². The van der Waals surface area contributed by atoms with Gasteiger partial charge in [0, 0.05) is 24.3 Å². The number of ether oxygens (including phenoxy) is 2. The summed E-state index contributed by atoms with van der Waals surface area (Å²) in [6.45, 7) is 1.51. The smallest absolute Gasteiger partial charge is 0.433 e. The molecule has 1 atom stereocenters. The number of anilines is 1. The number of nitrogen functional groups attached to an aromatic ring is 1. The fourth-order valence-corrected chi connectivity index (χ4v) is 1.66. The summed E-state index contributed by atoms with van der Waals surface area (Å²) in [5, 5.41) is 0. The van der Waals surface area contributed by atoms with Crippen molar-refractivity contribution in [3.63, 3.8) is 0 Å². The van der Waals surface area contributed by atoms with Crippen LogP contribution in [0, 0.1) is 5.92 Å². The molecule has 0 spiro atoms. The number of hydrogen-bond donors (Lipinski definition) is 1. The molecule has 1 aliphatic heterocycles. The Morgan fingerprint density at radius 3 is 2.83 bits per heavy atom. The lowest BCUT2D eigenvalue weighted by atomic mass is 10.1. The monoisotopic (exact) mass is 262 g/mol. The van der Waals surface area contributed by atoms with E-state index in [0.29, 0.717) is 13.2 Å². The van der Waals surface area contributed by atoms with Crippen molar-refractivity contribution in [2.24, 2.45) is 5.92 Å². The van der Waals surface area contributed by atoms with Gasteiger partial charge in [0.05, 0.1) is 13.2 Å². The molecule has 18 heavy (non-hydrogen) atoms. The standard InChI is InChI=1S/C11H13F3N2O2/c12-11(13,14)9-3-8(15)4-10(16-9)18-6-7-1-2-17-5-7/h3-4,7H,1-2,5-6H2,(H2,15,16). The van der Waals surface area contributed by atoms with Crippen LogP contribution in [0.1, 0.15) is 12.1 Å². The number of pyridine rings is 1. The molecule has 0 saturated carbocycles. The quantitative estimate of drug-likeness (QED) is 0.906. The Labute approximate surface area is 102 Å². The molecule has 0 radical (unpaired) electrons. The molecule has 0 amide bonds. The van der Waals surface area contributed by atoms with E-state index in [2.05, 4.69) is 4.98 Å². The first-order valence-corrected chi connectivity index (χ1v) is 5.50. The zero-order chi connectivity index (χ0) is 13.2. The number of nitrogens with two attached hydrogens (primary N) is 1. The normalized spacial score (nSPS) is 20.1. The minimum absolute atomic E-state index is 0.0185. The van der Waals surface area contributed by atoms with Crippen molar-refractivity contribution >= 4 is 5.69 Å². The van der Waals surface area contributed by atoms with Gasteiger partial charge in [0.2, 0.25) is 5.88 Å². The maximum Gasteiger partial charge on any atom is 0.433 e. The van der Waals surface area contributed by atoms with Crippen LogP contribution in [0.3, 0.4) is 0 Å². The fourth-order valence-electron chi connectivity index (χ4n) is 1.66. The van der Waals surface area contributed by atoms with Gasteiger partial charge in [-0.2, -0.15) is 13.2 Å². The van der Waals surface area contributed by atoms with Crippen molar-refractivity contribution in [2.45, 2.75) is 12.6 Å². The molecule has 0 aliphatic carbocycles. The summed E-state index contributed by atoms with van der Waals surface area (Å²) in [6.07, 6.45) is -3.68. The molecular weight excluding hydrogens is 249 g/mol. The molecule has 4 nitrogen and oxygen atoms in total. The zero-order valence-electron chi connectivity index (χ0n) is 9.54. The van der Waals surface area contributed by atoms with Crippen LogP contribution in [0.4, 0.5) is 18.9 Å². The zero-order valence-corrected chi connectivity index (χ0v) is 9.54. The van der Waals surface area contributed by atoms with Gasteiger partial charge in [0.15, 0.2) is 5.69 Å². The summed E-state index contributed by atoms with van der Waals surface area (Å²) in [6, 6.07) is 2.07. The summed E-state index contributed by atoms with van der Waals surface area (Å²) >= 11 is 0. The molecule has 2 N–H and O–H groups in total. The van der Waals surface area contributed by atoms with Crippen molar-refractivity contribution in [1.82, 2.24) is 4.98 Å². The highest BCUT2D eigenvalue weighted by Crippen LogP contribution is 2.30. The Kier molecular flexibility index (Phi) is 3.60. The van der Waals surface area contributed by atoms with Crippen molar-refractivity contribution in [2.75, 3.05) is 25.6 Å². The molecule has 1 aromatic rings. The van der Waals surface area contributed by atoms with Crippen molar-refractivity contribution in [1.29, 1.82) is 0 Å². The molecule has 2 rings (SSSR count). The number of nitrogens with zero attached hydrogens (tertiary/aromatic N) is 1. The van der Waals surface area contributed by atoms with Gasteiger partial charge in [-0.1, -0.05) is 0 Å². The topological polar surface area (TPSA) is 57.4 Å². The predicted molar refractivity (Wildman–Crippen MR) is 58.1 cm³/mol. The average Bonchev–Trinajstić information content (AvgIpc) is 2.77. The van der Waals surface area contributed by atoms with Gasteiger partial charge in [0.25, 0.3) is 0 Å². The van der Waals surface area contributed by atoms with Crippen LogP contribution in [-0.4, -0.2) is 24.8 Å². The van der Waals surface area contributed by atoms with E-state index in [0.717, 1.165) is 12.5 Å². The second-order valence-corrected chi connectivity index (χ2v) is 4.16. The van der Waals surface area contributed by atoms with Crippen LogP contribution in [0.2, 0.25) is 0 Å². The number of halogens is 3. The van der Waals surface area contributed by atoms with Crippen molar-refractivity contribution in [3.8, 4) is 5.88 Å². The Hall–Kier alpha value is -1.50. The summed E-state index contributed by atoms with van der Waals surface area (Å²) < 4.78 is 47.9. The van der Waals surface area contributed by atoms with Crippen LogP contribution >= 0.6 is 0 Å². The SMILES string of the molecule is Nc1cc(OCC2CCOC2)nc(C(F)(F)F)c1. The lowest BCUT2D eigenvalue weighted by Crippen LogP contribution is -2.14. The molecule has 1 aromatic heterocycles. The van der Waals surface area contributed by atoms with E-state index < -0.39 is 11.9 Å². The molecule has 100 valence electrons. The van der Waals surface area contributed by atoms with Crippen molar-refractivity contribution in [3.05, 3.63) is 17.8 Å². The van der Waals surface area contributed by atoms with E-state index in [1.54, 1.807) is 0 Å². The van der Waals surface area contributed by atoms with Gasteiger partial charge < -0.3 is 15.2 Å². The number of alkyl halides is 3. The summed E-state index contributed by atoms with van der Waals surface area (Å²) in [5.74, 6) is 0.0943. The largest absolute Gasteiger partial charge is 0.477 e. The minimum atomic E-state index is -4.52. The van der Waals surface area contributed by atoms with Crippen LogP contribution in [-0.2, 0) is 10.9 Å². The Balaban J connectivity index is 2.05. The van der Waals surface area contributed by atoms with E-state index in [9.17, 15) is 13.2 Å². The molecule has 7 heteroatoms. The number of hydrogen-bond acceptors (Lipinski definition) is 4. The first-order chi connectivity index (χ1) is 8.45. The Morgan fingerprint density at radius 2 is 2.22 bits per heavy atom. The third kappa shape index (κ3) is 3.25. The van der Waals surface area contributed by atoms with E-state index in [-0.39, 0.29) is 24.1 Å². The maximum absolute atomic E-state index is 12.5. The summed E-state index contributed by atoms with van der Waals surface area (Å²) in [7, 11) is 0. The third-order valence-electron chi connectivity index (χ3n) is 2.61. The lowest BCUT2D eigenvalue weighted by Gasteiger charge is -2.12.